The minimum absolute atomic E-state index is 0.176. The van der Waals surface area contributed by atoms with Crippen molar-refractivity contribution in [1.29, 1.82) is 0 Å². The lowest BCUT2D eigenvalue weighted by Crippen LogP contribution is -2.52. The Morgan fingerprint density at radius 2 is 1.74 bits per heavy atom. The van der Waals surface area contributed by atoms with E-state index in [2.05, 4.69) is 5.32 Å². The van der Waals surface area contributed by atoms with Gasteiger partial charge in [-0.15, -0.1) is 0 Å². The molecule has 1 atom stereocenters. The van der Waals surface area contributed by atoms with Gasteiger partial charge in [0, 0.05) is 36.9 Å². The summed E-state index contributed by atoms with van der Waals surface area (Å²) in [5, 5.41) is 3.49. The third kappa shape index (κ3) is 4.59. The highest BCUT2D eigenvalue weighted by molar-refractivity contribution is 6.31. The molecular formula is C20H23ClN4O2. The largest absolute Gasteiger partial charge is 0.368 e. The van der Waals surface area contributed by atoms with Gasteiger partial charge in [-0.2, -0.15) is 0 Å². The molecule has 1 fully saturated rings. The van der Waals surface area contributed by atoms with Crippen molar-refractivity contribution in [2.45, 2.75) is 13.0 Å². The van der Waals surface area contributed by atoms with Crippen LogP contribution in [0.1, 0.15) is 17.2 Å². The molecule has 3 rings (SSSR count). The topological polar surface area (TPSA) is 78.7 Å². The molecule has 1 saturated heterocycles. The molecule has 0 saturated carbocycles. The van der Waals surface area contributed by atoms with Crippen LogP contribution < -0.4 is 11.1 Å². The second kappa shape index (κ2) is 8.41. The number of nitrogens with one attached hydrogen (secondary N) is 1. The number of urea groups is 1. The lowest BCUT2D eigenvalue weighted by atomic mass is 10.0. The van der Waals surface area contributed by atoms with E-state index in [0.29, 0.717) is 36.9 Å². The van der Waals surface area contributed by atoms with E-state index in [-0.39, 0.29) is 11.9 Å². The highest BCUT2D eigenvalue weighted by Crippen LogP contribution is 2.23. The van der Waals surface area contributed by atoms with Gasteiger partial charge in [0.05, 0.1) is 0 Å². The Balaban J connectivity index is 1.61. The SMILES string of the molecule is Cc1ccc(NC(=O)N2CCN(C(C(N)=O)c3ccccc3)CC2)cc1Cl. The fourth-order valence-corrected chi connectivity index (χ4v) is 3.43. The summed E-state index contributed by atoms with van der Waals surface area (Å²) in [5.41, 5.74) is 8.13. The summed E-state index contributed by atoms with van der Waals surface area (Å²) in [6.45, 7) is 4.09. The first-order valence-electron chi connectivity index (χ1n) is 8.86. The fourth-order valence-electron chi connectivity index (χ4n) is 3.25. The van der Waals surface area contributed by atoms with E-state index < -0.39 is 6.04 Å². The molecule has 0 radical (unpaired) electrons. The van der Waals surface area contributed by atoms with Crippen molar-refractivity contribution in [3.63, 3.8) is 0 Å². The highest BCUT2D eigenvalue weighted by Gasteiger charge is 2.30. The molecule has 6 nitrogen and oxygen atoms in total. The first kappa shape index (κ1) is 19.2. The van der Waals surface area contributed by atoms with Crippen LogP contribution in [0.5, 0.6) is 0 Å². The number of hydrogen-bond donors (Lipinski definition) is 2. The lowest BCUT2D eigenvalue weighted by Gasteiger charge is -2.38. The molecule has 2 aromatic rings. The summed E-state index contributed by atoms with van der Waals surface area (Å²) in [7, 11) is 0. The van der Waals surface area contributed by atoms with Crippen molar-refractivity contribution in [3.05, 3.63) is 64.7 Å². The Morgan fingerprint density at radius 1 is 1.07 bits per heavy atom. The molecule has 0 spiro atoms. The molecule has 2 aromatic carbocycles. The molecule has 0 aromatic heterocycles. The Hall–Kier alpha value is -2.57. The molecule has 1 aliphatic heterocycles. The van der Waals surface area contributed by atoms with Gasteiger partial charge in [-0.3, -0.25) is 9.69 Å². The van der Waals surface area contributed by atoms with Crippen LogP contribution in [0.15, 0.2) is 48.5 Å². The predicted molar refractivity (Wildman–Crippen MR) is 107 cm³/mol. The molecule has 7 heteroatoms. The van der Waals surface area contributed by atoms with Crippen molar-refractivity contribution >= 4 is 29.2 Å². The molecule has 27 heavy (non-hydrogen) atoms. The fraction of sp³-hybridized carbons (Fsp3) is 0.300. The zero-order chi connectivity index (χ0) is 19.4. The summed E-state index contributed by atoms with van der Waals surface area (Å²) in [6, 6.07) is 14.3. The number of nitrogens with zero attached hydrogens (tertiary/aromatic N) is 2. The Bertz CT molecular complexity index is 820. The first-order chi connectivity index (χ1) is 13.0. The number of primary amides is 1. The van der Waals surface area contributed by atoms with E-state index in [9.17, 15) is 9.59 Å². The first-order valence-corrected chi connectivity index (χ1v) is 9.24. The van der Waals surface area contributed by atoms with E-state index in [0.717, 1.165) is 11.1 Å². The van der Waals surface area contributed by atoms with Crippen LogP contribution in [-0.2, 0) is 4.79 Å². The van der Waals surface area contributed by atoms with Gasteiger partial charge in [0.1, 0.15) is 6.04 Å². The van der Waals surface area contributed by atoms with E-state index in [1.807, 2.05) is 54.3 Å². The number of anilines is 1. The summed E-state index contributed by atoms with van der Waals surface area (Å²) >= 11 is 6.11. The molecule has 1 aliphatic rings. The Morgan fingerprint density at radius 3 is 2.33 bits per heavy atom. The minimum Gasteiger partial charge on any atom is -0.368 e. The van der Waals surface area contributed by atoms with Crippen molar-refractivity contribution in [2.75, 3.05) is 31.5 Å². The van der Waals surface area contributed by atoms with Crippen molar-refractivity contribution in [2.24, 2.45) is 5.73 Å². The second-order valence-corrected chi connectivity index (χ2v) is 7.04. The molecule has 142 valence electrons. The average Bonchev–Trinajstić information content (AvgIpc) is 2.66. The smallest absolute Gasteiger partial charge is 0.321 e. The standard InChI is InChI=1S/C20H23ClN4O2/c1-14-7-8-16(13-17(14)21)23-20(27)25-11-9-24(10-12-25)18(19(22)26)15-5-3-2-4-6-15/h2-8,13,18H,9-12H2,1H3,(H2,22,26)(H,23,27). The predicted octanol–water partition coefficient (Wildman–Crippen LogP) is 3.02. The normalized spacial score (nSPS) is 16.0. The van der Waals surface area contributed by atoms with Gasteiger partial charge in [-0.25, -0.2) is 4.79 Å². The number of piperazine rings is 1. The van der Waals surface area contributed by atoms with E-state index in [1.54, 1.807) is 11.0 Å². The maximum absolute atomic E-state index is 12.5. The maximum Gasteiger partial charge on any atom is 0.321 e. The maximum atomic E-state index is 12.5. The van der Waals surface area contributed by atoms with Gasteiger partial charge < -0.3 is 16.0 Å². The van der Waals surface area contributed by atoms with E-state index >= 15 is 0 Å². The van der Waals surface area contributed by atoms with Gasteiger partial charge in [-0.1, -0.05) is 48.0 Å². The zero-order valence-corrected chi connectivity index (χ0v) is 15.9. The average molecular weight is 387 g/mol. The number of nitrogens with two attached hydrogens (primary N) is 1. The van der Waals surface area contributed by atoms with Crippen LogP contribution in [-0.4, -0.2) is 47.9 Å². The summed E-state index contributed by atoms with van der Waals surface area (Å²) in [4.78, 5) is 28.2. The molecule has 3 N–H and O–H groups in total. The number of carbonyl (C=O) groups excluding carboxylic acids is 2. The van der Waals surface area contributed by atoms with Gasteiger partial charge in [0.2, 0.25) is 5.91 Å². The third-order valence-electron chi connectivity index (χ3n) is 4.77. The lowest BCUT2D eigenvalue weighted by molar-refractivity contribution is -0.124. The molecule has 1 heterocycles. The van der Waals surface area contributed by atoms with Crippen LogP contribution in [0.25, 0.3) is 0 Å². The number of amides is 3. The van der Waals surface area contributed by atoms with Crippen LogP contribution in [0.3, 0.4) is 0 Å². The monoisotopic (exact) mass is 386 g/mol. The highest BCUT2D eigenvalue weighted by atomic mass is 35.5. The van der Waals surface area contributed by atoms with Gasteiger partial charge in [0.25, 0.3) is 0 Å². The number of carbonyl (C=O) groups is 2. The van der Waals surface area contributed by atoms with Gasteiger partial charge in [0.15, 0.2) is 0 Å². The van der Waals surface area contributed by atoms with Crippen LogP contribution >= 0.6 is 11.6 Å². The third-order valence-corrected chi connectivity index (χ3v) is 5.18. The summed E-state index contributed by atoms with van der Waals surface area (Å²) < 4.78 is 0. The van der Waals surface area contributed by atoms with E-state index in [1.165, 1.54) is 0 Å². The number of halogens is 1. The molecule has 0 aliphatic carbocycles. The quantitative estimate of drug-likeness (QED) is 0.847. The molecule has 1 unspecified atom stereocenters. The minimum atomic E-state index is -0.479. The Kier molecular flexibility index (Phi) is 5.98. The van der Waals surface area contributed by atoms with E-state index in [4.69, 9.17) is 17.3 Å². The number of benzene rings is 2. The van der Waals surface area contributed by atoms with Gasteiger partial charge in [-0.05, 0) is 30.2 Å². The molecule has 0 bridgehead atoms. The van der Waals surface area contributed by atoms with Crippen LogP contribution in [0, 0.1) is 6.92 Å². The van der Waals surface area contributed by atoms with Crippen LogP contribution in [0.4, 0.5) is 10.5 Å². The Labute approximate surface area is 163 Å². The zero-order valence-electron chi connectivity index (χ0n) is 15.2. The molecule has 3 amide bonds. The second-order valence-electron chi connectivity index (χ2n) is 6.63. The van der Waals surface area contributed by atoms with Gasteiger partial charge >= 0.3 is 6.03 Å². The van der Waals surface area contributed by atoms with Crippen molar-refractivity contribution in [1.82, 2.24) is 9.80 Å². The number of hydrogen-bond acceptors (Lipinski definition) is 3. The molecular weight excluding hydrogens is 364 g/mol. The van der Waals surface area contributed by atoms with Crippen molar-refractivity contribution in [3.8, 4) is 0 Å². The van der Waals surface area contributed by atoms with Crippen molar-refractivity contribution < 1.29 is 9.59 Å². The summed E-state index contributed by atoms with van der Waals surface area (Å²) in [6.07, 6.45) is 0. The number of rotatable bonds is 4. The summed E-state index contributed by atoms with van der Waals surface area (Å²) in [5.74, 6) is -0.381. The van der Waals surface area contributed by atoms with Crippen LogP contribution in [0.2, 0.25) is 5.02 Å². The number of aryl methyl sites for hydroxylation is 1.